The molecule has 0 aliphatic rings. The smallest absolute Gasteiger partial charge is 0.311 e. The molecule has 104 valence electrons. The normalized spacial score (nSPS) is 14.1. The van der Waals surface area contributed by atoms with Crippen LogP contribution in [0.3, 0.4) is 0 Å². The van der Waals surface area contributed by atoms with Crippen LogP contribution in [0.4, 0.5) is 0 Å². The van der Waals surface area contributed by atoms with Gasteiger partial charge >= 0.3 is 25.0 Å². The Morgan fingerprint density at radius 1 is 1.06 bits per heavy atom. The fourth-order valence-corrected chi connectivity index (χ4v) is 2.19. The Kier molecular flexibility index (Phi) is 17.3. The minimum absolute atomic E-state index is 0. The van der Waals surface area contributed by atoms with E-state index in [0.717, 1.165) is 25.7 Å². The molecule has 0 saturated heterocycles. The molecule has 0 bridgehead atoms. The molecule has 0 amide bonds. The van der Waals surface area contributed by atoms with E-state index in [2.05, 4.69) is 20.8 Å². The zero-order valence-corrected chi connectivity index (χ0v) is 13.3. The Balaban J connectivity index is 0. The van der Waals surface area contributed by atoms with Crippen molar-refractivity contribution < 1.29 is 30.4 Å². The van der Waals surface area contributed by atoms with Crippen molar-refractivity contribution in [2.24, 2.45) is 5.92 Å². The van der Waals surface area contributed by atoms with Gasteiger partial charge in [0.2, 0.25) is 0 Å². The van der Waals surface area contributed by atoms with Crippen molar-refractivity contribution in [1.29, 1.82) is 0 Å². The van der Waals surface area contributed by atoms with E-state index in [1.54, 1.807) is 0 Å². The largest absolute Gasteiger partial charge is 3.00 e. The summed E-state index contributed by atoms with van der Waals surface area (Å²) in [6.45, 7) is 7.56. The summed E-state index contributed by atoms with van der Waals surface area (Å²) in [5.74, 6) is 0.531. The maximum absolute atomic E-state index is 11.4. The van der Waals surface area contributed by atoms with Gasteiger partial charge in [0, 0.05) is 0 Å². The molecule has 17 heavy (non-hydrogen) atoms. The standard InChI is InChI=1S/C12H27O3P.Co/c1-4-7-9-12(6-3)11-15-16(13)14-10-8-5-2;/h12,16H,4-11H2,1-3H3;/q;+3. The molecule has 0 saturated carbocycles. The molecule has 0 rings (SSSR count). The summed E-state index contributed by atoms with van der Waals surface area (Å²) in [5.41, 5.74) is 0. The van der Waals surface area contributed by atoms with Gasteiger partial charge in [-0.2, -0.15) is 0 Å². The molecule has 0 radical (unpaired) electrons. The summed E-state index contributed by atoms with van der Waals surface area (Å²) in [5, 5.41) is 0. The quantitative estimate of drug-likeness (QED) is 0.418. The summed E-state index contributed by atoms with van der Waals surface area (Å²) in [6.07, 6.45) is 6.69. The van der Waals surface area contributed by atoms with Gasteiger partial charge < -0.3 is 9.05 Å². The molecule has 0 spiro atoms. The van der Waals surface area contributed by atoms with E-state index in [-0.39, 0.29) is 16.8 Å². The molecular weight excluding hydrogens is 282 g/mol. The first-order valence-electron chi connectivity index (χ1n) is 6.54. The third kappa shape index (κ3) is 12.9. The predicted octanol–water partition coefficient (Wildman–Crippen LogP) is 4.42. The summed E-state index contributed by atoms with van der Waals surface area (Å²) in [6, 6.07) is 0. The van der Waals surface area contributed by atoms with Gasteiger partial charge in [0.1, 0.15) is 0 Å². The van der Waals surface area contributed by atoms with Crippen molar-refractivity contribution >= 4 is 8.25 Å². The van der Waals surface area contributed by atoms with Crippen LogP contribution in [-0.2, 0) is 30.4 Å². The molecule has 0 aliphatic heterocycles. The maximum Gasteiger partial charge on any atom is 3.00 e. The average molecular weight is 309 g/mol. The zero-order valence-electron chi connectivity index (χ0n) is 11.3. The number of hydrogen-bond donors (Lipinski definition) is 0. The molecule has 0 heterocycles. The van der Waals surface area contributed by atoms with Crippen molar-refractivity contribution in [1.82, 2.24) is 0 Å². The van der Waals surface area contributed by atoms with E-state index in [1.807, 2.05) is 0 Å². The second-order valence-corrected chi connectivity index (χ2v) is 5.26. The first-order chi connectivity index (χ1) is 7.74. The molecular formula is C12H27CoO3P+3. The SMILES string of the molecule is CCCCO[PH](=O)OCC(CC)CCCC.[Co+3]. The van der Waals surface area contributed by atoms with Gasteiger partial charge in [-0.15, -0.1) is 0 Å². The van der Waals surface area contributed by atoms with Crippen molar-refractivity contribution in [3.8, 4) is 0 Å². The van der Waals surface area contributed by atoms with Crippen molar-refractivity contribution in [2.75, 3.05) is 13.2 Å². The van der Waals surface area contributed by atoms with Gasteiger partial charge in [-0.25, -0.2) is 0 Å². The second-order valence-electron chi connectivity index (χ2n) is 4.18. The van der Waals surface area contributed by atoms with Crippen LogP contribution in [0.2, 0.25) is 0 Å². The molecule has 5 heteroatoms. The average Bonchev–Trinajstić information content (AvgIpc) is 2.30. The summed E-state index contributed by atoms with van der Waals surface area (Å²) < 4.78 is 21.7. The molecule has 3 nitrogen and oxygen atoms in total. The molecule has 0 N–H and O–H groups in total. The van der Waals surface area contributed by atoms with Gasteiger partial charge in [0.05, 0.1) is 13.2 Å². The van der Waals surface area contributed by atoms with Gasteiger partial charge in [0.25, 0.3) is 0 Å². The Morgan fingerprint density at radius 3 is 2.24 bits per heavy atom. The monoisotopic (exact) mass is 309 g/mol. The van der Waals surface area contributed by atoms with E-state index in [1.165, 1.54) is 12.8 Å². The first-order valence-corrected chi connectivity index (χ1v) is 7.76. The van der Waals surface area contributed by atoms with Crippen LogP contribution in [0.15, 0.2) is 0 Å². The fraction of sp³-hybridized carbons (Fsp3) is 1.00. The molecule has 2 unspecified atom stereocenters. The van der Waals surface area contributed by atoms with Crippen LogP contribution >= 0.6 is 8.25 Å². The number of rotatable bonds is 11. The van der Waals surface area contributed by atoms with E-state index >= 15 is 0 Å². The molecule has 0 aromatic rings. The number of unbranched alkanes of at least 4 members (excludes halogenated alkanes) is 2. The third-order valence-corrected chi connectivity index (χ3v) is 3.54. The van der Waals surface area contributed by atoms with Crippen LogP contribution < -0.4 is 0 Å². The Bertz CT molecular complexity index is 179. The second kappa shape index (κ2) is 14.7. The summed E-state index contributed by atoms with van der Waals surface area (Å²) >= 11 is 0. The van der Waals surface area contributed by atoms with E-state index in [0.29, 0.717) is 19.1 Å². The van der Waals surface area contributed by atoms with Gasteiger partial charge in [0.15, 0.2) is 0 Å². The topological polar surface area (TPSA) is 35.5 Å². The third-order valence-electron chi connectivity index (χ3n) is 2.70. The first kappa shape index (κ1) is 20.0. The van der Waals surface area contributed by atoms with Crippen LogP contribution in [0, 0.1) is 5.92 Å². The molecule has 0 fully saturated rings. The van der Waals surface area contributed by atoms with Crippen LogP contribution in [0.1, 0.15) is 59.3 Å². The van der Waals surface area contributed by atoms with Crippen molar-refractivity contribution in [2.45, 2.75) is 59.3 Å². The Morgan fingerprint density at radius 2 is 1.71 bits per heavy atom. The predicted molar refractivity (Wildman–Crippen MR) is 69.1 cm³/mol. The Labute approximate surface area is 117 Å². The van der Waals surface area contributed by atoms with Crippen LogP contribution in [0.5, 0.6) is 0 Å². The molecule has 2 atom stereocenters. The minimum atomic E-state index is -2.24. The molecule has 0 aromatic carbocycles. The summed E-state index contributed by atoms with van der Waals surface area (Å²) in [7, 11) is -2.24. The van der Waals surface area contributed by atoms with Crippen molar-refractivity contribution in [3.63, 3.8) is 0 Å². The van der Waals surface area contributed by atoms with E-state index in [4.69, 9.17) is 9.05 Å². The summed E-state index contributed by atoms with van der Waals surface area (Å²) in [4.78, 5) is 0. The van der Waals surface area contributed by atoms with E-state index < -0.39 is 8.25 Å². The van der Waals surface area contributed by atoms with Crippen molar-refractivity contribution in [3.05, 3.63) is 0 Å². The van der Waals surface area contributed by atoms with E-state index in [9.17, 15) is 4.57 Å². The van der Waals surface area contributed by atoms with Crippen LogP contribution in [-0.4, -0.2) is 13.2 Å². The zero-order chi connectivity index (χ0) is 12.2. The molecule has 0 aromatic heterocycles. The molecule has 0 aliphatic carbocycles. The maximum atomic E-state index is 11.4. The number of hydrogen-bond acceptors (Lipinski definition) is 3. The van der Waals surface area contributed by atoms with Gasteiger partial charge in [-0.1, -0.05) is 46.5 Å². The van der Waals surface area contributed by atoms with Gasteiger partial charge in [-0.05, 0) is 18.8 Å². The van der Waals surface area contributed by atoms with Crippen LogP contribution in [0.25, 0.3) is 0 Å². The Hall–Kier alpha value is 0.656. The van der Waals surface area contributed by atoms with Gasteiger partial charge in [-0.3, -0.25) is 4.57 Å². The minimum Gasteiger partial charge on any atom is -0.311 e. The fourth-order valence-electron chi connectivity index (χ4n) is 1.43.